The molecule has 30 heavy (non-hydrogen) atoms. The first-order chi connectivity index (χ1) is 14.6. The molecule has 0 aromatic heterocycles. The molecule has 0 unspecified atom stereocenters. The van der Waals surface area contributed by atoms with Gasteiger partial charge in [-0.3, -0.25) is 0 Å². The van der Waals surface area contributed by atoms with Gasteiger partial charge >= 0.3 is 5.97 Å². The predicted octanol–water partition coefficient (Wildman–Crippen LogP) is 4.24. The van der Waals surface area contributed by atoms with E-state index in [2.05, 4.69) is 11.9 Å². The van der Waals surface area contributed by atoms with Crippen LogP contribution in [0.4, 0.5) is 0 Å². The summed E-state index contributed by atoms with van der Waals surface area (Å²) in [5, 5.41) is 0. The molecular weight excluding hydrogens is 386 g/mol. The Morgan fingerprint density at radius 3 is 2.23 bits per heavy atom. The lowest BCUT2D eigenvalue weighted by Crippen LogP contribution is -2.05. The standard InChI is InChI=1S/C23H25NO6/c1-5-6-11-29-17-9-7-16(8-10-17)22-24-18(23(25)30-22)12-15-13-19(26-2)21(28-4)20(14-15)27-3/h7-10,12-14H,5-6,11H2,1-4H3/b18-12-. The lowest BCUT2D eigenvalue weighted by molar-refractivity contribution is -0.129. The number of methoxy groups -OCH3 is 3. The molecule has 0 saturated carbocycles. The zero-order chi connectivity index (χ0) is 21.5. The molecule has 0 saturated heterocycles. The lowest BCUT2D eigenvalue weighted by atomic mass is 10.1. The van der Waals surface area contributed by atoms with Gasteiger partial charge in [0.25, 0.3) is 0 Å². The fourth-order valence-electron chi connectivity index (χ4n) is 2.90. The summed E-state index contributed by atoms with van der Waals surface area (Å²) in [4.78, 5) is 16.7. The Morgan fingerprint density at radius 2 is 1.67 bits per heavy atom. The Balaban J connectivity index is 1.84. The van der Waals surface area contributed by atoms with Crippen LogP contribution < -0.4 is 18.9 Å². The second-order valence-corrected chi connectivity index (χ2v) is 6.52. The van der Waals surface area contributed by atoms with Gasteiger partial charge in [0.1, 0.15) is 5.75 Å². The highest BCUT2D eigenvalue weighted by molar-refractivity contribution is 6.12. The highest BCUT2D eigenvalue weighted by Gasteiger charge is 2.24. The molecule has 2 aromatic rings. The van der Waals surface area contributed by atoms with Crippen LogP contribution in [0.1, 0.15) is 30.9 Å². The van der Waals surface area contributed by atoms with Crippen molar-refractivity contribution in [1.29, 1.82) is 0 Å². The average Bonchev–Trinajstić information content (AvgIpc) is 3.13. The number of cyclic esters (lactones) is 1. The molecule has 0 fully saturated rings. The van der Waals surface area contributed by atoms with E-state index in [0.717, 1.165) is 18.6 Å². The maximum Gasteiger partial charge on any atom is 0.363 e. The maximum atomic E-state index is 12.3. The number of carbonyl (C=O) groups excluding carboxylic acids is 1. The number of carbonyl (C=O) groups is 1. The third-order valence-electron chi connectivity index (χ3n) is 4.48. The van der Waals surface area contributed by atoms with E-state index in [1.54, 1.807) is 18.2 Å². The number of hydrogen-bond acceptors (Lipinski definition) is 7. The Hall–Kier alpha value is -3.48. The van der Waals surface area contributed by atoms with Crippen LogP contribution in [0.2, 0.25) is 0 Å². The third kappa shape index (κ3) is 4.74. The molecular formula is C23H25NO6. The van der Waals surface area contributed by atoms with Crippen molar-refractivity contribution in [2.24, 2.45) is 4.99 Å². The number of benzene rings is 2. The van der Waals surface area contributed by atoms with E-state index in [9.17, 15) is 4.79 Å². The first-order valence-electron chi connectivity index (χ1n) is 9.65. The normalized spacial score (nSPS) is 14.3. The van der Waals surface area contributed by atoms with Crippen molar-refractivity contribution in [3.05, 3.63) is 53.2 Å². The van der Waals surface area contributed by atoms with Crippen molar-refractivity contribution >= 4 is 17.9 Å². The zero-order valence-electron chi connectivity index (χ0n) is 17.6. The predicted molar refractivity (Wildman–Crippen MR) is 114 cm³/mol. The molecule has 7 nitrogen and oxygen atoms in total. The van der Waals surface area contributed by atoms with Crippen molar-refractivity contribution in [3.63, 3.8) is 0 Å². The Bertz CT molecular complexity index is 937. The topological polar surface area (TPSA) is 75.6 Å². The Labute approximate surface area is 175 Å². The number of nitrogens with zero attached hydrogens (tertiary/aromatic N) is 1. The van der Waals surface area contributed by atoms with Crippen LogP contribution in [0.3, 0.4) is 0 Å². The zero-order valence-corrected chi connectivity index (χ0v) is 17.6. The van der Waals surface area contributed by atoms with Crippen LogP contribution in [0.15, 0.2) is 47.1 Å². The van der Waals surface area contributed by atoms with E-state index in [0.29, 0.717) is 35.0 Å². The van der Waals surface area contributed by atoms with Gasteiger partial charge in [-0.05, 0) is 54.5 Å². The molecule has 2 aromatic carbocycles. The molecule has 158 valence electrons. The smallest absolute Gasteiger partial charge is 0.363 e. The Morgan fingerprint density at radius 1 is 1.00 bits per heavy atom. The number of hydrogen-bond donors (Lipinski definition) is 0. The van der Waals surface area contributed by atoms with Gasteiger partial charge in [-0.15, -0.1) is 0 Å². The SMILES string of the molecule is CCCCOc1ccc(C2=N/C(=C\c3cc(OC)c(OC)c(OC)c3)C(=O)O2)cc1. The summed E-state index contributed by atoms with van der Waals surface area (Å²) in [6.45, 7) is 2.79. The molecule has 7 heteroatoms. The van der Waals surface area contributed by atoms with E-state index in [1.807, 2.05) is 24.3 Å². The number of aliphatic imine (C=N–C) groups is 1. The molecule has 1 aliphatic heterocycles. The molecule has 1 aliphatic rings. The molecule has 0 spiro atoms. The van der Waals surface area contributed by atoms with Crippen molar-refractivity contribution in [3.8, 4) is 23.0 Å². The van der Waals surface area contributed by atoms with Crippen molar-refractivity contribution in [1.82, 2.24) is 0 Å². The monoisotopic (exact) mass is 411 g/mol. The minimum absolute atomic E-state index is 0.183. The van der Waals surface area contributed by atoms with E-state index in [4.69, 9.17) is 23.7 Å². The largest absolute Gasteiger partial charge is 0.494 e. The maximum absolute atomic E-state index is 12.3. The molecule has 0 aliphatic carbocycles. The van der Waals surface area contributed by atoms with Gasteiger partial charge in [0.2, 0.25) is 11.6 Å². The lowest BCUT2D eigenvalue weighted by Gasteiger charge is -2.12. The number of esters is 1. The molecule has 0 radical (unpaired) electrons. The minimum atomic E-state index is -0.526. The van der Waals surface area contributed by atoms with Crippen LogP contribution in [-0.2, 0) is 9.53 Å². The number of ether oxygens (including phenoxy) is 5. The fourth-order valence-corrected chi connectivity index (χ4v) is 2.90. The van der Waals surface area contributed by atoms with E-state index >= 15 is 0 Å². The van der Waals surface area contributed by atoms with Crippen LogP contribution in [0, 0.1) is 0 Å². The van der Waals surface area contributed by atoms with Crippen molar-refractivity contribution in [2.75, 3.05) is 27.9 Å². The second-order valence-electron chi connectivity index (χ2n) is 6.52. The molecule has 0 N–H and O–H groups in total. The van der Waals surface area contributed by atoms with Gasteiger partial charge in [-0.2, -0.15) is 0 Å². The summed E-state index contributed by atoms with van der Waals surface area (Å²) in [6.07, 6.45) is 3.69. The van der Waals surface area contributed by atoms with Crippen LogP contribution >= 0.6 is 0 Å². The summed E-state index contributed by atoms with van der Waals surface area (Å²) in [6, 6.07) is 10.8. The minimum Gasteiger partial charge on any atom is -0.494 e. The van der Waals surface area contributed by atoms with Gasteiger partial charge in [-0.25, -0.2) is 9.79 Å². The van der Waals surface area contributed by atoms with Crippen molar-refractivity contribution in [2.45, 2.75) is 19.8 Å². The van der Waals surface area contributed by atoms with Gasteiger partial charge in [0, 0.05) is 5.56 Å². The molecule has 0 amide bonds. The highest BCUT2D eigenvalue weighted by Crippen LogP contribution is 2.39. The van der Waals surface area contributed by atoms with E-state index in [1.165, 1.54) is 21.3 Å². The summed E-state index contributed by atoms with van der Waals surface area (Å²) < 4.78 is 27.0. The van der Waals surface area contributed by atoms with E-state index in [-0.39, 0.29) is 11.6 Å². The highest BCUT2D eigenvalue weighted by atomic mass is 16.6. The molecule has 1 heterocycles. The number of unbranched alkanes of at least 4 members (excludes halogenated alkanes) is 1. The second kappa shape index (κ2) is 9.82. The number of rotatable bonds is 9. The quantitative estimate of drug-likeness (QED) is 0.349. The molecule has 3 rings (SSSR count). The van der Waals surface area contributed by atoms with Crippen LogP contribution in [0.5, 0.6) is 23.0 Å². The summed E-state index contributed by atoms with van der Waals surface area (Å²) >= 11 is 0. The first-order valence-corrected chi connectivity index (χ1v) is 9.65. The van der Waals surface area contributed by atoms with Crippen molar-refractivity contribution < 1.29 is 28.5 Å². The summed E-state index contributed by atoms with van der Waals surface area (Å²) in [5.74, 6) is 1.93. The average molecular weight is 411 g/mol. The van der Waals surface area contributed by atoms with Gasteiger partial charge in [-0.1, -0.05) is 13.3 Å². The molecule has 0 atom stereocenters. The van der Waals surface area contributed by atoms with Crippen LogP contribution in [-0.4, -0.2) is 39.8 Å². The van der Waals surface area contributed by atoms with E-state index < -0.39 is 5.97 Å². The Kier molecular flexibility index (Phi) is 6.95. The summed E-state index contributed by atoms with van der Waals surface area (Å²) in [7, 11) is 4.59. The molecule has 0 bridgehead atoms. The summed E-state index contributed by atoms with van der Waals surface area (Å²) in [5.41, 5.74) is 1.54. The fraction of sp³-hybridized carbons (Fsp3) is 0.304. The van der Waals surface area contributed by atoms with Gasteiger partial charge < -0.3 is 23.7 Å². The van der Waals surface area contributed by atoms with Gasteiger partial charge in [0.05, 0.1) is 27.9 Å². The first kappa shape index (κ1) is 21.2. The van der Waals surface area contributed by atoms with Gasteiger partial charge in [0.15, 0.2) is 17.2 Å². The van der Waals surface area contributed by atoms with Crippen LogP contribution in [0.25, 0.3) is 6.08 Å². The third-order valence-corrected chi connectivity index (χ3v) is 4.48.